The Balaban J connectivity index is 1.43. The van der Waals surface area contributed by atoms with Gasteiger partial charge >= 0.3 is 5.97 Å². The summed E-state index contributed by atoms with van der Waals surface area (Å²) >= 11 is 0. The van der Waals surface area contributed by atoms with Gasteiger partial charge in [0.2, 0.25) is 5.91 Å². The summed E-state index contributed by atoms with van der Waals surface area (Å²) in [7, 11) is 0. The molecule has 0 unspecified atom stereocenters. The van der Waals surface area contributed by atoms with Gasteiger partial charge in [0.05, 0.1) is 11.8 Å². The van der Waals surface area contributed by atoms with Gasteiger partial charge in [-0.05, 0) is 30.4 Å². The van der Waals surface area contributed by atoms with Crippen LogP contribution in [0.2, 0.25) is 0 Å². The van der Waals surface area contributed by atoms with Crippen molar-refractivity contribution in [3.63, 3.8) is 0 Å². The third-order valence-electron chi connectivity index (χ3n) is 5.59. The van der Waals surface area contributed by atoms with E-state index in [4.69, 9.17) is 0 Å². The third-order valence-corrected chi connectivity index (χ3v) is 5.59. The van der Waals surface area contributed by atoms with Gasteiger partial charge in [0.25, 0.3) is 0 Å². The van der Waals surface area contributed by atoms with Gasteiger partial charge in [-0.3, -0.25) is 9.59 Å². The zero-order valence-electron chi connectivity index (χ0n) is 13.4. The second-order valence-corrected chi connectivity index (χ2v) is 6.84. The lowest BCUT2D eigenvalue weighted by molar-refractivity contribution is -0.151. The second kappa shape index (κ2) is 5.92. The van der Waals surface area contributed by atoms with Gasteiger partial charge < -0.3 is 14.9 Å². The molecular formula is C18H21N3O3. The lowest BCUT2D eigenvalue weighted by atomic mass is 9.82. The first-order chi connectivity index (χ1) is 11.6. The largest absolute Gasteiger partial charge is 0.481 e. The minimum absolute atomic E-state index is 0.0138. The highest BCUT2D eigenvalue weighted by Crippen LogP contribution is 2.48. The van der Waals surface area contributed by atoms with Crippen molar-refractivity contribution in [2.75, 3.05) is 31.1 Å². The molecule has 1 N–H and O–H groups in total. The molecule has 2 fully saturated rings. The summed E-state index contributed by atoms with van der Waals surface area (Å²) in [6, 6.07) is 5.82. The molecule has 2 heterocycles. The molecular weight excluding hydrogens is 306 g/mol. The maximum absolute atomic E-state index is 12.9. The number of amides is 1. The Kier molecular flexibility index (Phi) is 3.75. The van der Waals surface area contributed by atoms with Gasteiger partial charge in [-0.2, -0.15) is 0 Å². The van der Waals surface area contributed by atoms with E-state index in [1.165, 1.54) is 0 Å². The number of aliphatic carboxylic acids is 1. The first-order valence-electron chi connectivity index (χ1n) is 8.51. The second-order valence-electron chi connectivity index (χ2n) is 6.84. The lowest BCUT2D eigenvalue weighted by Crippen LogP contribution is -2.52. The zero-order valence-corrected chi connectivity index (χ0v) is 13.4. The van der Waals surface area contributed by atoms with Crippen LogP contribution in [0.1, 0.15) is 6.42 Å². The molecule has 24 heavy (non-hydrogen) atoms. The van der Waals surface area contributed by atoms with E-state index < -0.39 is 11.9 Å². The average molecular weight is 327 g/mol. The number of nitrogens with zero attached hydrogens (tertiary/aromatic N) is 3. The summed E-state index contributed by atoms with van der Waals surface area (Å²) < 4.78 is 0. The number of carboxylic acids is 1. The predicted octanol–water partition coefficient (Wildman–Crippen LogP) is 1.25. The van der Waals surface area contributed by atoms with E-state index in [-0.39, 0.29) is 23.7 Å². The maximum atomic E-state index is 12.9. The van der Waals surface area contributed by atoms with E-state index in [1.807, 2.05) is 35.3 Å². The minimum atomic E-state index is -0.836. The Morgan fingerprint density at radius 2 is 1.75 bits per heavy atom. The molecule has 4 atom stereocenters. The molecule has 1 saturated heterocycles. The molecule has 0 radical (unpaired) electrons. The Bertz CT molecular complexity index is 667. The molecule has 6 nitrogen and oxygen atoms in total. The monoisotopic (exact) mass is 327 g/mol. The molecule has 2 bridgehead atoms. The van der Waals surface area contributed by atoms with E-state index in [2.05, 4.69) is 9.88 Å². The quantitative estimate of drug-likeness (QED) is 0.846. The Labute approximate surface area is 140 Å². The fraction of sp³-hybridized carbons (Fsp3) is 0.500. The van der Waals surface area contributed by atoms with Crippen LogP contribution in [-0.2, 0) is 9.59 Å². The molecule has 0 aromatic carbocycles. The SMILES string of the molecule is O=C(O)[C@@H]1[C@@H](C(=O)N2CCN(c3ccccn3)CC2)[C@H]2C=C[C@H]1C2. The molecule has 1 saturated carbocycles. The molecule has 1 amide bonds. The molecule has 6 heteroatoms. The number of carbonyl (C=O) groups excluding carboxylic acids is 1. The Morgan fingerprint density at radius 3 is 2.38 bits per heavy atom. The highest BCUT2D eigenvalue weighted by atomic mass is 16.4. The number of rotatable bonds is 3. The molecule has 126 valence electrons. The van der Waals surface area contributed by atoms with Crippen molar-refractivity contribution in [2.45, 2.75) is 6.42 Å². The molecule has 3 aliphatic rings. The van der Waals surface area contributed by atoms with Gasteiger partial charge in [0.1, 0.15) is 5.82 Å². The number of pyridine rings is 1. The topological polar surface area (TPSA) is 73.7 Å². The molecule has 4 rings (SSSR count). The summed E-state index contributed by atoms with van der Waals surface area (Å²) in [4.78, 5) is 32.9. The van der Waals surface area contributed by atoms with E-state index >= 15 is 0 Å². The molecule has 1 aromatic heterocycles. The number of fused-ring (bicyclic) bond motifs is 2. The van der Waals surface area contributed by atoms with E-state index in [0.717, 1.165) is 25.3 Å². The van der Waals surface area contributed by atoms with Crippen LogP contribution in [0.15, 0.2) is 36.5 Å². The van der Waals surface area contributed by atoms with Crippen molar-refractivity contribution in [3.8, 4) is 0 Å². The normalized spacial score (nSPS) is 31.5. The van der Waals surface area contributed by atoms with Crippen LogP contribution in [-0.4, -0.2) is 53.0 Å². The number of piperazine rings is 1. The van der Waals surface area contributed by atoms with Crippen molar-refractivity contribution in [1.82, 2.24) is 9.88 Å². The van der Waals surface area contributed by atoms with E-state index in [1.54, 1.807) is 6.20 Å². The minimum Gasteiger partial charge on any atom is -0.481 e. The molecule has 2 aliphatic carbocycles. The fourth-order valence-corrected chi connectivity index (χ4v) is 4.40. The van der Waals surface area contributed by atoms with E-state index in [9.17, 15) is 14.7 Å². The number of hydrogen-bond donors (Lipinski definition) is 1. The number of carbonyl (C=O) groups is 2. The number of aromatic nitrogens is 1. The summed E-state index contributed by atoms with van der Waals surface area (Å²) in [5, 5.41) is 9.52. The van der Waals surface area contributed by atoms with E-state index in [0.29, 0.717) is 13.1 Å². The van der Waals surface area contributed by atoms with Crippen molar-refractivity contribution in [3.05, 3.63) is 36.5 Å². The zero-order chi connectivity index (χ0) is 16.7. The van der Waals surface area contributed by atoms with Crippen LogP contribution in [0.3, 0.4) is 0 Å². The van der Waals surface area contributed by atoms with Crippen molar-refractivity contribution >= 4 is 17.7 Å². The van der Waals surface area contributed by atoms with Crippen molar-refractivity contribution < 1.29 is 14.7 Å². The highest BCUT2D eigenvalue weighted by molar-refractivity contribution is 5.87. The lowest BCUT2D eigenvalue weighted by Gasteiger charge is -2.38. The summed E-state index contributed by atoms with van der Waals surface area (Å²) in [6.07, 6.45) is 6.59. The van der Waals surface area contributed by atoms with Crippen LogP contribution < -0.4 is 4.90 Å². The number of anilines is 1. The number of allylic oxidation sites excluding steroid dienone is 2. The van der Waals surface area contributed by atoms with Crippen LogP contribution in [0.25, 0.3) is 0 Å². The molecule has 1 aromatic rings. The summed E-state index contributed by atoms with van der Waals surface area (Å²) in [5.41, 5.74) is 0. The Hall–Kier alpha value is -2.37. The van der Waals surface area contributed by atoms with Gasteiger partial charge in [-0.25, -0.2) is 4.98 Å². The smallest absolute Gasteiger partial charge is 0.307 e. The molecule has 1 aliphatic heterocycles. The third kappa shape index (κ3) is 2.46. The van der Waals surface area contributed by atoms with Gasteiger partial charge in [0, 0.05) is 32.4 Å². The molecule has 0 spiro atoms. The van der Waals surface area contributed by atoms with Gasteiger partial charge in [-0.15, -0.1) is 0 Å². The van der Waals surface area contributed by atoms with Crippen LogP contribution in [0.4, 0.5) is 5.82 Å². The predicted molar refractivity (Wildman–Crippen MR) is 88.4 cm³/mol. The highest BCUT2D eigenvalue weighted by Gasteiger charge is 2.52. The van der Waals surface area contributed by atoms with Gasteiger partial charge in [-0.1, -0.05) is 18.2 Å². The maximum Gasteiger partial charge on any atom is 0.307 e. The van der Waals surface area contributed by atoms with Crippen LogP contribution in [0.5, 0.6) is 0 Å². The fourth-order valence-electron chi connectivity index (χ4n) is 4.40. The van der Waals surface area contributed by atoms with Crippen LogP contribution >= 0.6 is 0 Å². The summed E-state index contributed by atoms with van der Waals surface area (Å²) in [5.74, 6) is -0.720. The van der Waals surface area contributed by atoms with Crippen LogP contribution in [0, 0.1) is 23.7 Å². The average Bonchev–Trinajstić information content (AvgIpc) is 3.23. The summed E-state index contributed by atoms with van der Waals surface area (Å²) in [6.45, 7) is 2.72. The van der Waals surface area contributed by atoms with Crippen molar-refractivity contribution in [1.29, 1.82) is 0 Å². The van der Waals surface area contributed by atoms with Crippen molar-refractivity contribution in [2.24, 2.45) is 23.7 Å². The first-order valence-corrected chi connectivity index (χ1v) is 8.51. The number of hydrogen-bond acceptors (Lipinski definition) is 4. The Morgan fingerprint density at radius 1 is 1.04 bits per heavy atom. The number of carboxylic acid groups (broad SMARTS) is 1. The van der Waals surface area contributed by atoms with Gasteiger partial charge in [0.15, 0.2) is 0 Å². The first kappa shape index (κ1) is 15.2. The standard InChI is InChI=1S/C18H21N3O3/c22-17(15-12-4-5-13(11-12)16(15)18(23)24)21-9-7-20(8-10-21)14-3-1-2-6-19-14/h1-6,12-13,15-16H,7-11H2,(H,23,24)/t12-,13-,15-,16-/m0/s1.